The third-order valence-electron chi connectivity index (χ3n) is 9.08. The Labute approximate surface area is 307 Å². The van der Waals surface area contributed by atoms with Gasteiger partial charge in [0, 0.05) is 13.5 Å². The smallest absolute Gasteiger partial charge is 0.306 e. The Balaban J connectivity index is 0. The van der Waals surface area contributed by atoms with Gasteiger partial charge >= 0.3 is 11.9 Å². The van der Waals surface area contributed by atoms with Gasteiger partial charge < -0.3 is 30.8 Å². The van der Waals surface area contributed by atoms with Crippen molar-refractivity contribution in [2.24, 2.45) is 0 Å². The van der Waals surface area contributed by atoms with Gasteiger partial charge in [-0.25, -0.2) is 0 Å². The summed E-state index contributed by atoms with van der Waals surface area (Å²) < 4.78 is 15.2. The second-order valence-electron chi connectivity index (χ2n) is 13.8. The molecule has 1 amide bonds. The summed E-state index contributed by atoms with van der Waals surface area (Å²) in [5.74, 6) is -1.22. The maximum atomic E-state index is 12.8. The molecule has 0 rings (SSSR count). The number of hydrogen-bond acceptors (Lipinski definition) is 8. The first-order chi connectivity index (χ1) is 23.9. The highest BCUT2D eigenvalue weighted by Crippen LogP contribution is 2.14. The SMILES string of the molecule is CCCCCCCCCCCCC/C=C/[C@@H](O)[C@H](COC(=O)CCC(=O)OCCOC)NC(=O)CCCCCCCCCCCCCCC.N. The largest absolute Gasteiger partial charge is 0.463 e. The van der Waals surface area contributed by atoms with Crippen LogP contribution in [0.4, 0.5) is 0 Å². The van der Waals surface area contributed by atoms with Gasteiger partial charge in [-0.3, -0.25) is 14.4 Å². The zero-order valence-electron chi connectivity index (χ0n) is 32.8. The molecule has 50 heavy (non-hydrogen) atoms. The number of unbranched alkanes of at least 4 members (excludes halogenated alkanes) is 23. The fourth-order valence-electron chi connectivity index (χ4n) is 5.87. The minimum Gasteiger partial charge on any atom is -0.463 e. The van der Waals surface area contributed by atoms with Gasteiger partial charge in [0.1, 0.15) is 13.2 Å². The first kappa shape index (κ1) is 50.1. The fraction of sp³-hybridized carbons (Fsp3) is 0.878. The quantitative estimate of drug-likeness (QED) is 0.0328. The number of esters is 2. The van der Waals surface area contributed by atoms with Crippen LogP contribution in [0.1, 0.15) is 194 Å². The van der Waals surface area contributed by atoms with E-state index in [2.05, 4.69) is 19.2 Å². The summed E-state index contributed by atoms with van der Waals surface area (Å²) in [5, 5.41) is 13.8. The van der Waals surface area contributed by atoms with Crippen LogP contribution >= 0.6 is 0 Å². The average Bonchev–Trinajstić information content (AvgIpc) is 3.09. The van der Waals surface area contributed by atoms with Crippen molar-refractivity contribution in [3.8, 4) is 0 Å². The molecule has 0 fully saturated rings. The van der Waals surface area contributed by atoms with Crippen molar-refractivity contribution < 1.29 is 33.7 Å². The number of aliphatic hydroxyl groups excluding tert-OH is 1. The van der Waals surface area contributed by atoms with Gasteiger partial charge in [-0.15, -0.1) is 0 Å². The van der Waals surface area contributed by atoms with Crippen LogP contribution in [0.3, 0.4) is 0 Å². The number of nitrogens with one attached hydrogen (secondary N) is 1. The number of aliphatic hydroxyl groups is 1. The maximum Gasteiger partial charge on any atom is 0.306 e. The number of carbonyl (C=O) groups excluding carboxylic acids is 3. The molecule has 9 nitrogen and oxygen atoms in total. The Morgan fingerprint density at radius 1 is 0.580 bits per heavy atom. The van der Waals surface area contributed by atoms with Crippen LogP contribution in [0.5, 0.6) is 0 Å². The van der Waals surface area contributed by atoms with E-state index in [4.69, 9.17) is 14.2 Å². The standard InChI is InChI=1S/C41H77NO7.H3N/c1-4-6-8-10-12-14-16-18-20-22-24-26-28-30-38(43)37(36-49-41(46)33-32-40(45)48-35-34-47-3)42-39(44)31-29-27-25-23-21-19-17-15-13-11-9-7-5-2;/h28,30,37-38,43H,4-27,29,31-36H2,1-3H3,(H,42,44);1H3/b30-28+;/t37-,38+;/m0./s1. The minimum atomic E-state index is -0.977. The van der Waals surface area contributed by atoms with E-state index in [0.29, 0.717) is 13.0 Å². The molecule has 2 atom stereocenters. The first-order valence-electron chi connectivity index (χ1n) is 20.4. The zero-order valence-corrected chi connectivity index (χ0v) is 32.8. The highest BCUT2D eigenvalue weighted by Gasteiger charge is 2.21. The maximum absolute atomic E-state index is 12.8. The van der Waals surface area contributed by atoms with E-state index >= 15 is 0 Å². The average molecular weight is 713 g/mol. The molecule has 9 heteroatoms. The molecule has 0 saturated carbocycles. The van der Waals surface area contributed by atoms with E-state index in [1.807, 2.05) is 6.08 Å². The highest BCUT2D eigenvalue weighted by atomic mass is 16.6. The van der Waals surface area contributed by atoms with Crippen molar-refractivity contribution in [3.63, 3.8) is 0 Å². The number of methoxy groups -OCH3 is 1. The fourth-order valence-corrected chi connectivity index (χ4v) is 5.87. The monoisotopic (exact) mass is 713 g/mol. The lowest BCUT2D eigenvalue weighted by Crippen LogP contribution is -2.46. The first-order valence-corrected chi connectivity index (χ1v) is 20.4. The Hall–Kier alpha value is -1.97. The summed E-state index contributed by atoms with van der Waals surface area (Å²) in [6.07, 6.45) is 34.0. The van der Waals surface area contributed by atoms with Crippen LogP contribution in [0.15, 0.2) is 12.2 Å². The summed E-state index contributed by atoms with van der Waals surface area (Å²) in [5.41, 5.74) is 0. The second kappa shape index (κ2) is 39.8. The lowest BCUT2D eigenvalue weighted by Gasteiger charge is -2.22. The van der Waals surface area contributed by atoms with Crippen molar-refractivity contribution in [1.82, 2.24) is 11.5 Å². The predicted molar refractivity (Wildman–Crippen MR) is 207 cm³/mol. The number of allylic oxidation sites excluding steroid dienone is 1. The Morgan fingerprint density at radius 2 is 1.00 bits per heavy atom. The summed E-state index contributed by atoms with van der Waals surface area (Å²) in [6, 6.07) is -0.749. The molecule has 0 aliphatic carbocycles. The summed E-state index contributed by atoms with van der Waals surface area (Å²) in [4.78, 5) is 36.9. The van der Waals surface area contributed by atoms with Crippen LogP contribution in [0.25, 0.3) is 0 Å². The van der Waals surface area contributed by atoms with E-state index < -0.39 is 24.1 Å². The molecular formula is C41H80N2O7. The molecule has 0 radical (unpaired) electrons. The van der Waals surface area contributed by atoms with E-state index in [-0.39, 0.29) is 38.1 Å². The van der Waals surface area contributed by atoms with Crippen molar-refractivity contribution in [2.45, 2.75) is 206 Å². The molecule has 0 unspecified atom stereocenters. The molecule has 0 spiro atoms. The third-order valence-corrected chi connectivity index (χ3v) is 9.08. The number of ether oxygens (including phenoxy) is 3. The topological polar surface area (TPSA) is 146 Å². The molecule has 0 aromatic heterocycles. The predicted octanol–water partition coefficient (Wildman–Crippen LogP) is 10.2. The molecule has 0 saturated heterocycles. The van der Waals surface area contributed by atoms with Gasteiger partial charge in [0.15, 0.2) is 0 Å². The summed E-state index contributed by atoms with van der Waals surface area (Å²) in [6.45, 7) is 4.77. The van der Waals surface area contributed by atoms with Gasteiger partial charge in [-0.1, -0.05) is 167 Å². The number of amides is 1. The lowest BCUT2D eigenvalue weighted by atomic mass is 10.0. The summed E-state index contributed by atoms with van der Waals surface area (Å²) in [7, 11) is 1.52. The van der Waals surface area contributed by atoms with Gasteiger partial charge in [-0.2, -0.15) is 0 Å². The molecule has 0 aromatic rings. The lowest BCUT2D eigenvalue weighted by molar-refractivity contribution is -0.151. The number of rotatable bonds is 37. The Kier molecular flexibility index (Phi) is 39.9. The Morgan fingerprint density at radius 3 is 1.46 bits per heavy atom. The number of carbonyl (C=O) groups is 3. The summed E-state index contributed by atoms with van der Waals surface area (Å²) >= 11 is 0. The van der Waals surface area contributed by atoms with Crippen LogP contribution in [0.2, 0.25) is 0 Å². The van der Waals surface area contributed by atoms with Crippen molar-refractivity contribution in [2.75, 3.05) is 26.9 Å². The molecule has 0 aromatic carbocycles. The van der Waals surface area contributed by atoms with Gasteiger partial charge in [0.25, 0.3) is 0 Å². The van der Waals surface area contributed by atoms with Crippen LogP contribution < -0.4 is 11.5 Å². The highest BCUT2D eigenvalue weighted by molar-refractivity contribution is 5.78. The van der Waals surface area contributed by atoms with Crippen molar-refractivity contribution in [3.05, 3.63) is 12.2 Å². The molecule has 5 N–H and O–H groups in total. The van der Waals surface area contributed by atoms with Crippen molar-refractivity contribution in [1.29, 1.82) is 0 Å². The van der Waals surface area contributed by atoms with Crippen molar-refractivity contribution >= 4 is 17.8 Å². The van der Waals surface area contributed by atoms with Crippen LogP contribution in [0, 0.1) is 0 Å². The third kappa shape index (κ3) is 35.8. The minimum absolute atomic E-state index is 0. The molecule has 296 valence electrons. The molecular weight excluding hydrogens is 632 g/mol. The van der Waals surface area contributed by atoms with E-state index in [0.717, 1.165) is 32.1 Å². The van der Waals surface area contributed by atoms with E-state index in [1.165, 1.54) is 136 Å². The van der Waals surface area contributed by atoms with E-state index in [9.17, 15) is 19.5 Å². The second-order valence-corrected chi connectivity index (χ2v) is 13.8. The van der Waals surface area contributed by atoms with Crippen LogP contribution in [-0.4, -0.2) is 62.0 Å². The zero-order chi connectivity index (χ0) is 36.0. The normalized spacial score (nSPS) is 12.4. The molecule has 0 aliphatic heterocycles. The van der Waals surface area contributed by atoms with Gasteiger partial charge in [-0.05, 0) is 19.3 Å². The van der Waals surface area contributed by atoms with Gasteiger partial charge in [0.05, 0.1) is 31.6 Å². The molecule has 0 bridgehead atoms. The van der Waals surface area contributed by atoms with E-state index in [1.54, 1.807) is 6.08 Å². The Bertz CT molecular complexity index is 793. The van der Waals surface area contributed by atoms with Gasteiger partial charge in [0.2, 0.25) is 5.91 Å². The molecule has 0 aliphatic rings. The number of hydrogen-bond donors (Lipinski definition) is 3. The van der Waals surface area contributed by atoms with Crippen LogP contribution in [-0.2, 0) is 28.6 Å². The molecule has 0 heterocycles.